The first-order chi connectivity index (χ1) is 13.8. The first-order valence-electron chi connectivity index (χ1n) is 8.80. The molecule has 1 N–H and O–H groups in total. The Kier molecular flexibility index (Phi) is 4.74. The van der Waals surface area contributed by atoms with Gasteiger partial charge in [0.05, 0.1) is 0 Å². The average Bonchev–Trinajstić information content (AvgIpc) is 2.93. The Morgan fingerprint density at radius 1 is 0.966 bits per heavy atom. The van der Waals surface area contributed by atoms with Crippen molar-refractivity contribution in [2.75, 3.05) is 5.32 Å². The van der Waals surface area contributed by atoms with E-state index in [9.17, 15) is 18.0 Å². The van der Waals surface area contributed by atoms with Crippen molar-refractivity contribution in [3.05, 3.63) is 94.5 Å². The highest BCUT2D eigenvalue weighted by molar-refractivity contribution is 6.30. The number of anilines is 1. The summed E-state index contributed by atoms with van der Waals surface area (Å²) < 4.78 is 41.9. The lowest BCUT2D eigenvalue weighted by atomic mass is 9.71. The van der Waals surface area contributed by atoms with Crippen molar-refractivity contribution in [3.8, 4) is 5.75 Å². The van der Waals surface area contributed by atoms with Crippen molar-refractivity contribution in [1.29, 1.82) is 0 Å². The minimum absolute atomic E-state index is 0.144. The molecule has 0 saturated carbocycles. The minimum atomic E-state index is -4.79. The second kappa shape index (κ2) is 7.12. The van der Waals surface area contributed by atoms with Crippen molar-refractivity contribution in [1.82, 2.24) is 0 Å². The molecule has 3 aromatic rings. The number of carbonyl (C=O) groups excluding carboxylic acids is 1. The fourth-order valence-electron chi connectivity index (χ4n) is 3.79. The van der Waals surface area contributed by atoms with Gasteiger partial charge in [-0.2, -0.15) is 0 Å². The van der Waals surface area contributed by atoms with Crippen LogP contribution in [0.5, 0.6) is 5.75 Å². The third kappa shape index (κ3) is 3.68. The largest absolute Gasteiger partial charge is 0.573 e. The summed E-state index contributed by atoms with van der Waals surface area (Å²) in [5.41, 5.74) is 1.47. The van der Waals surface area contributed by atoms with Crippen molar-refractivity contribution in [2.45, 2.75) is 18.2 Å². The molecule has 0 spiro atoms. The minimum Gasteiger partial charge on any atom is -0.406 e. The van der Waals surface area contributed by atoms with E-state index in [1.165, 1.54) is 18.2 Å². The summed E-state index contributed by atoms with van der Waals surface area (Å²) in [6.45, 7) is 0. The maximum absolute atomic E-state index is 13.2. The van der Waals surface area contributed by atoms with Gasteiger partial charge in [0, 0.05) is 10.7 Å². The van der Waals surface area contributed by atoms with Gasteiger partial charge in [-0.15, -0.1) is 13.2 Å². The van der Waals surface area contributed by atoms with Crippen LogP contribution < -0.4 is 10.1 Å². The third-order valence-corrected chi connectivity index (χ3v) is 5.18. The highest BCUT2D eigenvalue weighted by Gasteiger charge is 2.48. The van der Waals surface area contributed by atoms with Gasteiger partial charge < -0.3 is 10.1 Å². The number of fused-ring (bicyclic) bond motifs is 1. The van der Waals surface area contributed by atoms with Gasteiger partial charge in [0.25, 0.3) is 0 Å². The molecule has 1 aliphatic rings. The molecular weight excluding hydrogens is 403 g/mol. The predicted octanol–water partition coefficient (Wildman–Crippen LogP) is 5.72. The smallest absolute Gasteiger partial charge is 0.406 e. The zero-order valence-electron chi connectivity index (χ0n) is 15.0. The molecule has 0 saturated heterocycles. The summed E-state index contributed by atoms with van der Waals surface area (Å²) in [6, 6.07) is 19.9. The summed E-state index contributed by atoms with van der Waals surface area (Å²) >= 11 is 6.18. The first kappa shape index (κ1) is 19.3. The predicted molar refractivity (Wildman–Crippen MR) is 104 cm³/mol. The van der Waals surface area contributed by atoms with Crippen LogP contribution in [-0.2, 0) is 16.6 Å². The van der Waals surface area contributed by atoms with Gasteiger partial charge in [-0.1, -0.05) is 54.1 Å². The van der Waals surface area contributed by atoms with Crippen molar-refractivity contribution < 1.29 is 22.7 Å². The maximum atomic E-state index is 13.2. The number of para-hydroxylation sites is 1. The number of hydrogen-bond acceptors (Lipinski definition) is 2. The standard InChI is InChI=1S/C22H15ClF3NO2/c23-16-7-4-6-15(12-16)21(18-9-1-2-10-19(18)27-20(21)28)13-14-5-3-8-17(11-14)29-22(24,25)26/h1-12H,13H2,(H,27,28). The van der Waals surface area contributed by atoms with Crippen LogP contribution in [0.1, 0.15) is 16.7 Å². The quantitative estimate of drug-likeness (QED) is 0.589. The summed E-state index contributed by atoms with van der Waals surface area (Å²) in [6.07, 6.45) is -4.65. The number of nitrogens with one attached hydrogen (secondary N) is 1. The Labute approximate surface area is 170 Å². The van der Waals surface area contributed by atoms with Gasteiger partial charge in [-0.05, 0) is 53.4 Å². The summed E-state index contributed by atoms with van der Waals surface area (Å²) in [5.74, 6) is -0.592. The fourth-order valence-corrected chi connectivity index (χ4v) is 3.98. The second-order valence-corrected chi connectivity index (χ2v) is 7.22. The van der Waals surface area contributed by atoms with Crippen LogP contribution in [-0.4, -0.2) is 12.3 Å². The summed E-state index contributed by atoms with van der Waals surface area (Å²) in [4.78, 5) is 13.2. The number of amides is 1. The van der Waals surface area contributed by atoms with E-state index in [1.807, 2.05) is 18.2 Å². The number of ether oxygens (including phenoxy) is 1. The molecule has 1 amide bonds. The number of benzene rings is 3. The highest BCUT2D eigenvalue weighted by Crippen LogP contribution is 2.45. The van der Waals surface area contributed by atoms with E-state index in [0.717, 1.165) is 5.56 Å². The zero-order chi connectivity index (χ0) is 20.6. The van der Waals surface area contributed by atoms with E-state index in [-0.39, 0.29) is 18.1 Å². The highest BCUT2D eigenvalue weighted by atomic mass is 35.5. The van der Waals surface area contributed by atoms with Gasteiger partial charge in [-0.3, -0.25) is 4.79 Å². The molecule has 0 radical (unpaired) electrons. The van der Waals surface area contributed by atoms with E-state index in [2.05, 4.69) is 10.1 Å². The molecule has 1 atom stereocenters. The fraction of sp³-hybridized carbons (Fsp3) is 0.136. The molecule has 0 aliphatic carbocycles. The molecule has 0 fully saturated rings. The Bertz CT molecular complexity index is 1080. The molecule has 1 unspecified atom stereocenters. The van der Waals surface area contributed by atoms with Crippen molar-refractivity contribution >= 4 is 23.2 Å². The molecule has 0 bridgehead atoms. The molecule has 3 aromatic carbocycles. The normalized spacial score (nSPS) is 18.3. The molecule has 1 heterocycles. The Morgan fingerprint density at radius 2 is 1.72 bits per heavy atom. The topological polar surface area (TPSA) is 38.3 Å². The van der Waals surface area contributed by atoms with Crippen molar-refractivity contribution in [3.63, 3.8) is 0 Å². The van der Waals surface area contributed by atoms with Gasteiger partial charge in [0.15, 0.2) is 0 Å². The number of rotatable bonds is 4. The number of carbonyl (C=O) groups is 1. The molecule has 0 aromatic heterocycles. The van der Waals surface area contributed by atoms with Gasteiger partial charge >= 0.3 is 6.36 Å². The maximum Gasteiger partial charge on any atom is 0.573 e. The van der Waals surface area contributed by atoms with E-state index < -0.39 is 11.8 Å². The Hall–Kier alpha value is -2.99. The van der Waals surface area contributed by atoms with Gasteiger partial charge in [-0.25, -0.2) is 0 Å². The SMILES string of the molecule is O=C1Nc2ccccc2C1(Cc1cccc(OC(F)(F)F)c1)c1cccc(Cl)c1. The van der Waals surface area contributed by atoms with E-state index in [4.69, 9.17) is 11.6 Å². The lowest BCUT2D eigenvalue weighted by Gasteiger charge is -2.29. The molecule has 29 heavy (non-hydrogen) atoms. The molecule has 1 aliphatic heterocycles. The van der Waals surface area contributed by atoms with E-state index in [1.54, 1.807) is 36.4 Å². The molecular formula is C22H15ClF3NO2. The van der Waals surface area contributed by atoms with Crippen LogP contribution >= 0.6 is 11.6 Å². The van der Waals surface area contributed by atoms with Gasteiger partial charge in [0.2, 0.25) is 5.91 Å². The first-order valence-corrected chi connectivity index (χ1v) is 9.17. The van der Waals surface area contributed by atoms with Crippen LogP contribution in [0.25, 0.3) is 0 Å². The van der Waals surface area contributed by atoms with E-state index in [0.29, 0.717) is 21.8 Å². The second-order valence-electron chi connectivity index (χ2n) is 6.79. The summed E-state index contributed by atoms with van der Waals surface area (Å²) in [7, 11) is 0. The van der Waals surface area contributed by atoms with Crippen LogP contribution in [0.3, 0.4) is 0 Å². The van der Waals surface area contributed by atoms with E-state index >= 15 is 0 Å². The van der Waals surface area contributed by atoms with Crippen LogP contribution in [0.2, 0.25) is 5.02 Å². The molecule has 4 rings (SSSR count). The average molecular weight is 418 g/mol. The Balaban J connectivity index is 1.84. The van der Waals surface area contributed by atoms with Crippen LogP contribution in [0.4, 0.5) is 18.9 Å². The summed E-state index contributed by atoms with van der Waals surface area (Å²) in [5, 5.41) is 3.35. The lowest BCUT2D eigenvalue weighted by Crippen LogP contribution is -2.38. The number of halogens is 4. The van der Waals surface area contributed by atoms with Gasteiger partial charge in [0.1, 0.15) is 11.2 Å². The zero-order valence-corrected chi connectivity index (χ0v) is 15.7. The van der Waals surface area contributed by atoms with Crippen molar-refractivity contribution in [2.24, 2.45) is 0 Å². The molecule has 148 valence electrons. The number of hydrogen-bond donors (Lipinski definition) is 1. The third-order valence-electron chi connectivity index (χ3n) is 4.94. The lowest BCUT2D eigenvalue weighted by molar-refractivity contribution is -0.274. The van der Waals surface area contributed by atoms with Crippen LogP contribution in [0, 0.1) is 0 Å². The molecule has 3 nitrogen and oxygen atoms in total. The monoisotopic (exact) mass is 417 g/mol. The van der Waals surface area contributed by atoms with Crippen LogP contribution in [0.15, 0.2) is 72.8 Å². The number of alkyl halides is 3. The molecule has 7 heteroatoms. The Morgan fingerprint density at radius 3 is 2.48 bits per heavy atom.